The molecule has 0 bridgehead atoms. The molecule has 0 spiro atoms. The molecule has 2 aliphatic rings. The zero-order valence-corrected chi connectivity index (χ0v) is 28.3. The van der Waals surface area contributed by atoms with Gasteiger partial charge in [-0.2, -0.15) is 0 Å². The summed E-state index contributed by atoms with van der Waals surface area (Å²) in [7, 11) is 0. The Morgan fingerprint density at radius 2 is 1.35 bits per heavy atom. The van der Waals surface area contributed by atoms with Crippen LogP contribution in [0.25, 0.3) is 22.4 Å². The van der Waals surface area contributed by atoms with Crippen LogP contribution in [0.1, 0.15) is 70.9 Å². The first kappa shape index (κ1) is 31.7. The molecule has 1 atom stereocenters. The summed E-state index contributed by atoms with van der Waals surface area (Å²) in [6.07, 6.45) is 8.18. The summed E-state index contributed by atoms with van der Waals surface area (Å²) >= 11 is 1.63. The van der Waals surface area contributed by atoms with Gasteiger partial charge in [0.15, 0.2) is 0 Å². The fourth-order valence-corrected chi connectivity index (χ4v) is 8.54. The average molecular weight is 650 g/mol. The number of benzene rings is 5. The standard InChI is InChI=1S/C43H39NO3S/c1-42(2,3)47-41(46)37(44-40(45)36-27-25-31-23-22-29-14-13-15-30-24-26-35(36)39(31)38(29)30)28-48-43(32-16-7-4-8-17-32,33-18-9-5-10-19-33)34-20-11-6-12-21-34/h4-14,16-25,27,37H,15,26,28H2,1-3H3,(H,44,45)/t37-/m0/s1. The maximum atomic E-state index is 14.3. The van der Waals surface area contributed by atoms with Gasteiger partial charge in [-0.15, -0.1) is 11.8 Å². The lowest BCUT2D eigenvalue weighted by atomic mass is 9.80. The molecule has 4 nitrogen and oxygen atoms in total. The van der Waals surface area contributed by atoms with Crippen molar-refractivity contribution in [1.82, 2.24) is 5.32 Å². The molecule has 2 aliphatic carbocycles. The second-order valence-electron chi connectivity index (χ2n) is 13.4. The van der Waals surface area contributed by atoms with Crippen molar-refractivity contribution < 1.29 is 14.3 Å². The van der Waals surface area contributed by atoms with Gasteiger partial charge >= 0.3 is 5.97 Å². The third-order valence-electron chi connectivity index (χ3n) is 9.08. The molecule has 0 saturated carbocycles. The van der Waals surface area contributed by atoms with Gasteiger partial charge in [-0.25, -0.2) is 4.79 Å². The molecule has 0 aliphatic heterocycles. The van der Waals surface area contributed by atoms with Crippen LogP contribution in [0, 0.1) is 0 Å². The lowest BCUT2D eigenvalue weighted by Gasteiger charge is -2.36. The molecule has 240 valence electrons. The van der Waals surface area contributed by atoms with Gasteiger partial charge in [-0.1, -0.05) is 127 Å². The Morgan fingerprint density at radius 1 is 0.771 bits per heavy atom. The molecule has 48 heavy (non-hydrogen) atoms. The van der Waals surface area contributed by atoms with E-state index in [2.05, 4.69) is 72.1 Å². The first-order valence-electron chi connectivity index (χ1n) is 16.5. The second kappa shape index (κ2) is 13.0. The largest absolute Gasteiger partial charge is 0.458 e. The number of hydrogen-bond donors (Lipinski definition) is 1. The number of amides is 1. The van der Waals surface area contributed by atoms with E-state index in [0.29, 0.717) is 12.0 Å². The SMILES string of the molecule is CC(C)(C)OC(=O)[C@H](CSC(c1ccccc1)(c1ccccc1)c1ccccc1)NC(=O)c1ccc2ccc3c4c2c1CC=C4CC=C3. The minimum Gasteiger partial charge on any atom is -0.458 e. The predicted molar refractivity (Wildman–Crippen MR) is 198 cm³/mol. The van der Waals surface area contributed by atoms with Crippen molar-refractivity contribution in [2.75, 3.05) is 5.75 Å². The molecule has 0 unspecified atom stereocenters. The van der Waals surface area contributed by atoms with Crippen molar-refractivity contribution in [2.24, 2.45) is 0 Å². The van der Waals surface area contributed by atoms with Gasteiger partial charge in [0, 0.05) is 11.3 Å². The summed E-state index contributed by atoms with van der Waals surface area (Å²) in [5.41, 5.74) is 7.85. The van der Waals surface area contributed by atoms with Gasteiger partial charge in [0.25, 0.3) is 5.91 Å². The van der Waals surface area contributed by atoms with Crippen LogP contribution in [-0.2, 0) is 20.7 Å². The van der Waals surface area contributed by atoms with Gasteiger partial charge in [0.2, 0.25) is 0 Å². The van der Waals surface area contributed by atoms with Crippen molar-refractivity contribution in [3.05, 3.63) is 166 Å². The Hall–Kier alpha value is -4.87. The number of carbonyl (C=O) groups excluding carboxylic acids is 2. The average Bonchev–Trinajstić information content (AvgIpc) is 3.11. The van der Waals surface area contributed by atoms with Crippen molar-refractivity contribution in [2.45, 2.75) is 50.0 Å². The Labute approximate surface area is 286 Å². The van der Waals surface area contributed by atoms with E-state index in [4.69, 9.17) is 4.74 Å². The Morgan fingerprint density at radius 3 is 1.94 bits per heavy atom. The molecule has 5 aromatic rings. The molecule has 1 N–H and O–H groups in total. The summed E-state index contributed by atoms with van der Waals surface area (Å²) in [6.45, 7) is 5.57. The molecule has 0 heterocycles. The van der Waals surface area contributed by atoms with Crippen molar-refractivity contribution in [3.63, 3.8) is 0 Å². The first-order chi connectivity index (χ1) is 23.2. The van der Waals surface area contributed by atoms with E-state index in [9.17, 15) is 9.59 Å². The number of rotatable bonds is 9. The lowest BCUT2D eigenvalue weighted by molar-refractivity contribution is -0.156. The Kier molecular flexibility index (Phi) is 8.57. The van der Waals surface area contributed by atoms with Crippen LogP contribution < -0.4 is 5.32 Å². The molecule has 5 heteroatoms. The van der Waals surface area contributed by atoms with Crippen LogP contribution in [0.15, 0.2) is 127 Å². The lowest BCUT2D eigenvalue weighted by Crippen LogP contribution is -2.47. The molecule has 0 fully saturated rings. The van der Waals surface area contributed by atoms with Crippen molar-refractivity contribution in [3.8, 4) is 0 Å². The molecular formula is C43H39NO3S. The number of carbonyl (C=O) groups is 2. The van der Waals surface area contributed by atoms with Crippen molar-refractivity contribution >= 4 is 46.1 Å². The molecule has 7 rings (SSSR count). The van der Waals surface area contributed by atoms with Crippen LogP contribution in [0.3, 0.4) is 0 Å². The zero-order valence-electron chi connectivity index (χ0n) is 27.5. The third-order valence-corrected chi connectivity index (χ3v) is 10.7. The minimum absolute atomic E-state index is 0.270. The minimum atomic E-state index is -0.901. The first-order valence-corrected chi connectivity index (χ1v) is 17.5. The molecular weight excluding hydrogens is 611 g/mol. The summed E-state index contributed by atoms with van der Waals surface area (Å²) < 4.78 is 5.29. The van der Waals surface area contributed by atoms with E-state index in [0.717, 1.165) is 39.4 Å². The van der Waals surface area contributed by atoms with E-state index >= 15 is 0 Å². The molecule has 0 aromatic heterocycles. The topological polar surface area (TPSA) is 55.4 Å². The maximum absolute atomic E-state index is 14.3. The van der Waals surface area contributed by atoms with E-state index in [1.165, 1.54) is 16.7 Å². The summed E-state index contributed by atoms with van der Waals surface area (Å²) in [5, 5.41) is 5.41. The second-order valence-corrected chi connectivity index (χ2v) is 14.6. The summed E-state index contributed by atoms with van der Waals surface area (Å²) in [4.78, 5) is 28.3. The van der Waals surface area contributed by atoms with Gasteiger partial charge in [0.1, 0.15) is 11.6 Å². The number of thioether (sulfide) groups is 1. The zero-order chi connectivity index (χ0) is 33.3. The third kappa shape index (κ3) is 5.99. The number of nitrogens with one attached hydrogen (secondary N) is 1. The highest BCUT2D eigenvalue weighted by Gasteiger charge is 2.39. The van der Waals surface area contributed by atoms with E-state index < -0.39 is 22.4 Å². The Balaban J connectivity index is 1.28. The van der Waals surface area contributed by atoms with Gasteiger partial charge in [-0.3, -0.25) is 4.79 Å². The van der Waals surface area contributed by atoms with Gasteiger partial charge in [-0.05, 0) is 89.4 Å². The van der Waals surface area contributed by atoms with E-state index in [1.807, 2.05) is 87.5 Å². The van der Waals surface area contributed by atoms with Crippen LogP contribution in [-0.4, -0.2) is 29.3 Å². The van der Waals surface area contributed by atoms with Crippen LogP contribution in [0.4, 0.5) is 0 Å². The fourth-order valence-electron chi connectivity index (χ4n) is 7.00. The quantitative estimate of drug-likeness (QED) is 0.128. The molecule has 0 saturated heterocycles. The molecule has 5 aromatic carbocycles. The van der Waals surface area contributed by atoms with Crippen LogP contribution in [0.2, 0.25) is 0 Å². The highest BCUT2D eigenvalue weighted by molar-refractivity contribution is 8.00. The van der Waals surface area contributed by atoms with E-state index in [1.54, 1.807) is 11.8 Å². The smallest absolute Gasteiger partial charge is 0.330 e. The number of ether oxygens (including phenoxy) is 1. The Bertz CT molecular complexity index is 1950. The molecule has 1 amide bonds. The summed E-state index contributed by atoms with van der Waals surface area (Å²) in [6, 6.07) is 38.4. The van der Waals surface area contributed by atoms with Crippen LogP contribution in [0.5, 0.6) is 0 Å². The van der Waals surface area contributed by atoms with Crippen molar-refractivity contribution in [1.29, 1.82) is 0 Å². The fraction of sp³-hybridized carbons (Fsp3) is 0.209. The predicted octanol–water partition coefficient (Wildman–Crippen LogP) is 9.36. The maximum Gasteiger partial charge on any atom is 0.330 e. The number of allylic oxidation sites excluding steroid dienone is 3. The number of esters is 1. The number of hydrogen-bond acceptors (Lipinski definition) is 4. The van der Waals surface area contributed by atoms with Gasteiger partial charge in [0.05, 0.1) is 4.75 Å². The van der Waals surface area contributed by atoms with Gasteiger partial charge < -0.3 is 10.1 Å². The highest BCUT2D eigenvalue weighted by Crippen LogP contribution is 2.49. The van der Waals surface area contributed by atoms with Crippen LogP contribution >= 0.6 is 11.8 Å². The summed E-state index contributed by atoms with van der Waals surface area (Å²) in [5.74, 6) is -0.438. The molecule has 0 radical (unpaired) electrons. The normalized spacial score (nSPS) is 14.3. The van der Waals surface area contributed by atoms with E-state index in [-0.39, 0.29) is 11.7 Å². The monoisotopic (exact) mass is 649 g/mol. The highest BCUT2D eigenvalue weighted by atomic mass is 32.2.